The number of carbonyl (C=O) groups excluding carboxylic acids is 2. The highest BCUT2D eigenvalue weighted by Crippen LogP contribution is 1.95. The summed E-state index contributed by atoms with van der Waals surface area (Å²) >= 11 is 0. The van der Waals surface area contributed by atoms with E-state index in [1.807, 2.05) is 13.8 Å². The summed E-state index contributed by atoms with van der Waals surface area (Å²) in [5.74, 6) is -0.535. The number of rotatable bonds is 9. The van der Waals surface area contributed by atoms with Crippen molar-refractivity contribution in [3.63, 3.8) is 0 Å². The minimum absolute atomic E-state index is 0.184. The third kappa shape index (κ3) is 7.23. The fourth-order valence-electron chi connectivity index (χ4n) is 1.24. The van der Waals surface area contributed by atoms with Gasteiger partial charge in [0.15, 0.2) is 0 Å². The largest absolute Gasteiger partial charge is 0.466 e. The van der Waals surface area contributed by atoms with E-state index in [0.717, 1.165) is 6.42 Å². The van der Waals surface area contributed by atoms with E-state index in [0.29, 0.717) is 32.4 Å². The van der Waals surface area contributed by atoms with Crippen LogP contribution in [0.3, 0.4) is 0 Å². The lowest BCUT2D eigenvalue weighted by atomic mass is 10.2. The van der Waals surface area contributed by atoms with Crippen LogP contribution in [0.5, 0.6) is 0 Å². The molecule has 16 heavy (non-hydrogen) atoms. The molecule has 0 heterocycles. The smallest absolute Gasteiger partial charge is 0.305 e. The molecule has 5 nitrogen and oxygen atoms in total. The van der Waals surface area contributed by atoms with E-state index in [1.165, 1.54) is 0 Å². The van der Waals surface area contributed by atoms with Gasteiger partial charge in [0.1, 0.15) is 0 Å². The predicted octanol–water partition coefficient (Wildman–Crippen LogP) is 0.573. The van der Waals surface area contributed by atoms with Crippen LogP contribution in [0.25, 0.3) is 0 Å². The van der Waals surface area contributed by atoms with E-state index in [2.05, 4.69) is 5.32 Å². The van der Waals surface area contributed by atoms with Gasteiger partial charge in [-0.3, -0.25) is 9.59 Å². The number of ether oxygens (including phenoxy) is 1. The molecule has 1 amide bonds. The Morgan fingerprint density at radius 1 is 1.38 bits per heavy atom. The van der Waals surface area contributed by atoms with Crippen molar-refractivity contribution in [2.45, 2.75) is 45.6 Å². The van der Waals surface area contributed by atoms with E-state index in [1.54, 1.807) is 0 Å². The molecule has 0 aromatic heterocycles. The zero-order chi connectivity index (χ0) is 12.4. The maximum absolute atomic E-state index is 11.1. The molecule has 3 N–H and O–H groups in total. The molecule has 0 spiro atoms. The Balaban J connectivity index is 3.51. The van der Waals surface area contributed by atoms with Gasteiger partial charge < -0.3 is 15.8 Å². The molecule has 0 saturated heterocycles. The zero-order valence-corrected chi connectivity index (χ0v) is 10.1. The number of hydrogen-bond acceptors (Lipinski definition) is 4. The van der Waals surface area contributed by atoms with Crippen LogP contribution in [0, 0.1) is 0 Å². The minimum Gasteiger partial charge on any atom is -0.466 e. The van der Waals surface area contributed by atoms with Crippen molar-refractivity contribution in [3.05, 3.63) is 0 Å². The average Bonchev–Trinajstić information content (AvgIpc) is 2.25. The summed E-state index contributed by atoms with van der Waals surface area (Å²) < 4.78 is 4.91. The van der Waals surface area contributed by atoms with E-state index >= 15 is 0 Å². The number of nitrogens with one attached hydrogen (secondary N) is 1. The van der Waals surface area contributed by atoms with E-state index in [4.69, 9.17) is 10.5 Å². The van der Waals surface area contributed by atoms with Crippen molar-refractivity contribution < 1.29 is 14.3 Å². The molecule has 0 aliphatic rings. The Morgan fingerprint density at radius 3 is 2.56 bits per heavy atom. The Labute approximate surface area is 96.7 Å². The van der Waals surface area contributed by atoms with E-state index in [9.17, 15) is 9.59 Å². The van der Waals surface area contributed by atoms with Gasteiger partial charge >= 0.3 is 5.97 Å². The van der Waals surface area contributed by atoms with Crippen molar-refractivity contribution in [3.8, 4) is 0 Å². The second-order valence-corrected chi connectivity index (χ2v) is 3.64. The summed E-state index contributed by atoms with van der Waals surface area (Å²) in [6.07, 6.45) is 2.54. The third-order valence-electron chi connectivity index (χ3n) is 2.17. The zero-order valence-electron chi connectivity index (χ0n) is 10.1. The second-order valence-electron chi connectivity index (χ2n) is 3.64. The van der Waals surface area contributed by atoms with Crippen molar-refractivity contribution in [2.24, 2.45) is 5.73 Å². The first-order valence-electron chi connectivity index (χ1n) is 5.80. The summed E-state index contributed by atoms with van der Waals surface area (Å²) in [4.78, 5) is 22.0. The molecule has 0 rings (SSSR count). The molecule has 1 atom stereocenters. The lowest BCUT2D eigenvalue weighted by Gasteiger charge is -2.12. The van der Waals surface area contributed by atoms with Crippen LogP contribution in [0.15, 0.2) is 0 Å². The van der Waals surface area contributed by atoms with Gasteiger partial charge in [-0.2, -0.15) is 0 Å². The molecule has 0 aromatic carbocycles. The first kappa shape index (κ1) is 14.9. The quantitative estimate of drug-likeness (QED) is 0.448. The lowest BCUT2D eigenvalue weighted by Crippen LogP contribution is -2.41. The van der Waals surface area contributed by atoms with E-state index in [-0.39, 0.29) is 17.9 Å². The molecule has 0 aliphatic heterocycles. The molecule has 0 saturated carbocycles. The standard InChI is InChI=1S/C11H22N2O3/c1-3-8-16-10(14)6-5-7-13-9(4-2)11(12)15/h9,13H,3-8H2,1-2H3,(H2,12,15). The first-order chi connectivity index (χ1) is 7.61. The highest BCUT2D eigenvalue weighted by molar-refractivity contribution is 5.79. The first-order valence-corrected chi connectivity index (χ1v) is 5.80. The number of amides is 1. The molecule has 0 fully saturated rings. The summed E-state index contributed by atoms with van der Waals surface area (Å²) in [5.41, 5.74) is 5.16. The molecule has 0 aromatic rings. The third-order valence-corrected chi connectivity index (χ3v) is 2.17. The topological polar surface area (TPSA) is 81.4 Å². The summed E-state index contributed by atoms with van der Waals surface area (Å²) in [6.45, 7) is 4.92. The average molecular weight is 230 g/mol. The Bertz CT molecular complexity index is 219. The Hall–Kier alpha value is -1.10. The van der Waals surface area contributed by atoms with Gasteiger partial charge in [-0.05, 0) is 25.8 Å². The monoisotopic (exact) mass is 230 g/mol. The molecule has 5 heteroatoms. The molecule has 94 valence electrons. The normalized spacial score (nSPS) is 12.1. The highest BCUT2D eigenvalue weighted by atomic mass is 16.5. The molecular weight excluding hydrogens is 208 g/mol. The molecule has 1 unspecified atom stereocenters. The number of carbonyl (C=O) groups is 2. The second kappa shape index (κ2) is 9.15. The van der Waals surface area contributed by atoms with Crippen molar-refractivity contribution >= 4 is 11.9 Å². The van der Waals surface area contributed by atoms with Gasteiger partial charge in [-0.25, -0.2) is 0 Å². The minimum atomic E-state index is -0.351. The predicted molar refractivity (Wildman–Crippen MR) is 61.8 cm³/mol. The fraction of sp³-hybridized carbons (Fsp3) is 0.818. The van der Waals surface area contributed by atoms with Crippen LogP contribution in [-0.4, -0.2) is 31.1 Å². The van der Waals surface area contributed by atoms with Gasteiger partial charge in [0.25, 0.3) is 0 Å². The molecule has 0 radical (unpaired) electrons. The Morgan fingerprint density at radius 2 is 2.06 bits per heavy atom. The maximum atomic E-state index is 11.1. The lowest BCUT2D eigenvalue weighted by molar-refractivity contribution is -0.143. The van der Waals surface area contributed by atoms with Crippen molar-refractivity contribution in [1.29, 1.82) is 0 Å². The molecular formula is C11H22N2O3. The number of hydrogen-bond donors (Lipinski definition) is 2. The van der Waals surface area contributed by atoms with Crippen molar-refractivity contribution in [2.75, 3.05) is 13.2 Å². The number of nitrogens with two attached hydrogens (primary N) is 1. The maximum Gasteiger partial charge on any atom is 0.305 e. The SMILES string of the molecule is CCCOC(=O)CCCNC(CC)C(N)=O. The molecule has 0 aliphatic carbocycles. The van der Waals surface area contributed by atoms with Gasteiger partial charge in [0.05, 0.1) is 12.6 Å². The van der Waals surface area contributed by atoms with Crippen LogP contribution in [0.2, 0.25) is 0 Å². The van der Waals surface area contributed by atoms with Gasteiger partial charge in [0, 0.05) is 6.42 Å². The molecule has 0 bridgehead atoms. The van der Waals surface area contributed by atoms with Crippen LogP contribution >= 0.6 is 0 Å². The summed E-state index contributed by atoms with van der Waals surface area (Å²) in [6, 6.07) is -0.299. The fourth-order valence-corrected chi connectivity index (χ4v) is 1.24. The summed E-state index contributed by atoms with van der Waals surface area (Å²) in [5, 5.41) is 3.00. The van der Waals surface area contributed by atoms with Gasteiger partial charge in [-0.15, -0.1) is 0 Å². The van der Waals surface area contributed by atoms with Crippen LogP contribution in [0.1, 0.15) is 39.5 Å². The van der Waals surface area contributed by atoms with E-state index < -0.39 is 0 Å². The van der Waals surface area contributed by atoms with Crippen LogP contribution in [0.4, 0.5) is 0 Å². The van der Waals surface area contributed by atoms with Crippen LogP contribution < -0.4 is 11.1 Å². The van der Waals surface area contributed by atoms with Crippen LogP contribution in [-0.2, 0) is 14.3 Å². The number of primary amides is 1. The highest BCUT2D eigenvalue weighted by Gasteiger charge is 2.11. The van der Waals surface area contributed by atoms with Gasteiger partial charge in [-0.1, -0.05) is 13.8 Å². The van der Waals surface area contributed by atoms with Crippen molar-refractivity contribution in [1.82, 2.24) is 5.32 Å². The number of esters is 1. The van der Waals surface area contributed by atoms with Gasteiger partial charge in [0.2, 0.25) is 5.91 Å². The summed E-state index contributed by atoms with van der Waals surface area (Å²) in [7, 11) is 0. The Kier molecular flexibility index (Phi) is 8.52.